The van der Waals surface area contributed by atoms with Crippen LogP contribution in [0.1, 0.15) is 4.88 Å². The summed E-state index contributed by atoms with van der Waals surface area (Å²) in [5.74, 6) is 0.105. The molecule has 23 heavy (non-hydrogen) atoms. The maximum absolute atomic E-state index is 12.8. The van der Waals surface area contributed by atoms with Gasteiger partial charge in [-0.15, -0.1) is 11.3 Å². The second-order valence-corrected chi connectivity index (χ2v) is 7.61. The number of thiophene rings is 1. The largest absolute Gasteiger partial charge is 0.308 e. The third kappa shape index (κ3) is 3.96. The van der Waals surface area contributed by atoms with Gasteiger partial charge in [-0.3, -0.25) is 9.69 Å². The van der Waals surface area contributed by atoms with Gasteiger partial charge in [0.15, 0.2) is 5.13 Å². The number of carbonyl (C=O) groups is 1. The van der Waals surface area contributed by atoms with E-state index in [4.69, 9.17) is 0 Å². The van der Waals surface area contributed by atoms with Gasteiger partial charge < -0.3 is 4.90 Å². The number of nitrogens with zero attached hydrogens (tertiary/aromatic N) is 3. The number of thiazole rings is 1. The Morgan fingerprint density at radius 1 is 1.13 bits per heavy atom. The molecule has 0 radical (unpaired) electrons. The molecule has 120 valence electrons. The molecule has 0 aliphatic rings. The summed E-state index contributed by atoms with van der Waals surface area (Å²) in [5, 5.41) is 2.79. The molecule has 1 aromatic carbocycles. The van der Waals surface area contributed by atoms with E-state index in [1.54, 1.807) is 22.7 Å². The van der Waals surface area contributed by atoms with Crippen molar-refractivity contribution in [3.8, 4) is 0 Å². The van der Waals surface area contributed by atoms with Crippen molar-refractivity contribution in [3.63, 3.8) is 0 Å². The highest BCUT2D eigenvalue weighted by Crippen LogP contribution is 2.29. The molecule has 0 saturated carbocycles. The van der Waals surface area contributed by atoms with Crippen LogP contribution < -0.4 is 4.90 Å². The van der Waals surface area contributed by atoms with E-state index < -0.39 is 0 Å². The van der Waals surface area contributed by atoms with Crippen LogP contribution in [0.4, 0.5) is 5.13 Å². The molecule has 2 heterocycles. The Hall–Kier alpha value is -1.76. The first-order valence-corrected chi connectivity index (χ1v) is 9.16. The fourth-order valence-electron chi connectivity index (χ4n) is 2.26. The summed E-state index contributed by atoms with van der Waals surface area (Å²) < 4.78 is 1.11. The third-order valence-corrected chi connectivity index (χ3v) is 5.43. The lowest BCUT2D eigenvalue weighted by Gasteiger charge is -2.21. The van der Waals surface area contributed by atoms with Gasteiger partial charge in [0.2, 0.25) is 5.91 Å². The Balaban J connectivity index is 1.86. The molecule has 0 saturated heterocycles. The Bertz CT molecular complexity index is 747. The van der Waals surface area contributed by atoms with Crippen LogP contribution in [0.15, 0.2) is 41.8 Å². The van der Waals surface area contributed by atoms with Gasteiger partial charge in [-0.2, -0.15) is 0 Å². The van der Waals surface area contributed by atoms with Crippen LogP contribution in [0.2, 0.25) is 0 Å². The minimum Gasteiger partial charge on any atom is -0.308 e. The Morgan fingerprint density at radius 3 is 2.65 bits per heavy atom. The van der Waals surface area contributed by atoms with E-state index in [1.807, 2.05) is 60.8 Å². The van der Waals surface area contributed by atoms with Crippen LogP contribution in [-0.2, 0) is 11.2 Å². The first kappa shape index (κ1) is 16.1. The summed E-state index contributed by atoms with van der Waals surface area (Å²) in [6.07, 6.45) is 0.432. The van der Waals surface area contributed by atoms with Crippen molar-refractivity contribution < 1.29 is 4.79 Å². The van der Waals surface area contributed by atoms with Crippen molar-refractivity contribution in [3.05, 3.63) is 46.7 Å². The molecule has 0 atom stereocenters. The maximum Gasteiger partial charge on any atom is 0.234 e. The Morgan fingerprint density at radius 2 is 1.96 bits per heavy atom. The zero-order valence-corrected chi connectivity index (χ0v) is 14.9. The van der Waals surface area contributed by atoms with Gasteiger partial charge in [0.05, 0.1) is 16.6 Å². The van der Waals surface area contributed by atoms with E-state index in [0.717, 1.165) is 26.8 Å². The minimum atomic E-state index is 0.105. The summed E-state index contributed by atoms with van der Waals surface area (Å²) in [6.45, 7) is 1.46. The molecule has 3 rings (SSSR count). The van der Waals surface area contributed by atoms with Gasteiger partial charge in [-0.05, 0) is 37.7 Å². The van der Waals surface area contributed by atoms with Crippen molar-refractivity contribution in [2.24, 2.45) is 0 Å². The predicted octanol–water partition coefficient (Wildman–Crippen LogP) is 3.50. The summed E-state index contributed by atoms with van der Waals surface area (Å²) in [7, 11) is 4.03. The topological polar surface area (TPSA) is 36.4 Å². The zero-order valence-electron chi connectivity index (χ0n) is 13.2. The molecular weight excluding hydrogens is 326 g/mol. The highest BCUT2D eigenvalue weighted by molar-refractivity contribution is 7.22. The summed E-state index contributed by atoms with van der Waals surface area (Å²) in [6, 6.07) is 12.0. The van der Waals surface area contributed by atoms with Gasteiger partial charge in [-0.25, -0.2) is 4.98 Å². The van der Waals surface area contributed by atoms with E-state index in [-0.39, 0.29) is 5.91 Å². The molecule has 6 heteroatoms. The number of rotatable bonds is 6. The molecule has 2 aromatic heterocycles. The van der Waals surface area contributed by atoms with E-state index in [0.29, 0.717) is 13.0 Å². The number of aromatic nitrogens is 1. The van der Waals surface area contributed by atoms with Crippen LogP contribution in [0, 0.1) is 0 Å². The van der Waals surface area contributed by atoms with Gasteiger partial charge in [0.1, 0.15) is 0 Å². The Labute approximate surface area is 144 Å². The molecular formula is C17H19N3OS2. The monoisotopic (exact) mass is 345 g/mol. The summed E-state index contributed by atoms with van der Waals surface area (Å²) >= 11 is 3.20. The van der Waals surface area contributed by atoms with Crippen LogP contribution in [0.3, 0.4) is 0 Å². The van der Waals surface area contributed by atoms with Crippen LogP contribution >= 0.6 is 22.7 Å². The average molecular weight is 345 g/mol. The van der Waals surface area contributed by atoms with E-state index >= 15 is 0 Å². The van der Waals surface area contributed by atoms with Crippen molar-refractivity contribution in [1.82, 2.24) is 9.88 Å². The van der Waals surface area contributed by atoms with Crippen molar-refractivity contribution >= 4 is 43.9 Å². The zero-order chi connectivity index (χ0) is 16.2. The van der Waals surface area contributed by atoms with Gasteiger partial charge in [-0.1, -0.05) is 29.5 Å². The predicted molar refractivity (Wildman–Crippen MR) is 98.6 cm³/mol. The van der Waals surface area contributed by atoms with Crippen molar-refractivity contribution in [2.45, 2.75) is 6.42 Å². The molecule has 0 unspecified atom stereocenters. The fourth-order valence-corrected chi connectivity index (χ4v) is 3.96. The highest BCUT2D eigenvalue weighted by Gasteiger charge is 2.20. The summed E-state index contributed by atoms with van der Waals surface area (Å²) in [5.41, 5.74) is 0.950. The van der Waals surface area contributed by atoms with Gasteiger partial charge >= 0.3 is 0 Å². The third-order valence-electron chi connectivity index (χ3n) is 3.49. The van der Waals surface area contributed by atoms with E-state index in [9.17, 15) is 4.79 Å². The SMILES string of the molecule is CN(C)CCN(C(=O)Cc1cccs1)c1nc2ccccc2s1. The first-order chi connectivity index (χ1) is 11.1. The lowest BCUT2D eigenvalue weighted by Crippen LogP contribution is -2.37. The molecule has 0 bridgehead atoms. The average Bonchev–Trinajstić information content (AvgIpc) is 3.15. The lowest BCUT2D eigenvalue weighted by molar-refractivity contribution is -0.118. The second kappa shape index (κ2) is 7.21. The number of likely N-dealkylation sites (N-methyl/N-ethyl adjacent to an activating group) is 1. The Kier molecular flexibility index (Phi) is 5.05. The van der Waals surface area contributed by atoms with Crippen LogP contribution in [-0.4, -0.2) is 43.0 Å². The molecule has 0 spiro atoms. The number of hydrogen-bond acceptors (Lipinski definition) is 5. The fraction of sp³-hybridized carbons (Fsp3) is 0.294. The number of para-hydroxylation sites is 1. The lowest BCUT2D eigenvalue weighted by atomic mass is 10.3. The molecule has 0 fully saturated rings. The van der Waals surface area contributed by atoms with Gasteiger partial charge in [0.25, 0.3) is 0 Å². The van der Waals surface area contributed by atoms with Crippen LogP contribution in [0.25, 0.3) is 10.2 Å². The normalized spacial score (nSPS) is 11.3. The van der Waals surface area contributed by atoms with E-state index in [2.05, 4.69) is 9.88 Å². The smallest absolute Gasteiger partial charge is 0.234 e. The number of amides is 1. The molecule has 0 N–H and O–H groups in total. The van der Waals surface area contributed by atoms with Crippen LogP contribution in [0.5, 0.6) is 0 Å². The van der Waals surface area contributed by atoms with Gasteiger partial charge in [0, 0.05) is 18.0 Å². The van der Waals surface area contributed by atoms with Crippen molar-refractivity contribution in [1.29, 1.82) is 0 Å². The minimum absolute atomic E-state index is 0.105. The van der Waals surface area contributed by atoms with E-state index in [1.165, 1.54) is 0 Å². The number of hydrogen-bond donors (Lipinski definition) is 0. The molecule has 0 aliphatic heterocycles. The second-order valence-electron chi connectivity index (χ2n) is 5.57. The number of carbonyl (C=O) groups excluding carboxylic acids is 1. The highest BCUT2D eigenvalue weighted by atomic mass is 32.1. The quantitative estimate of drug-likeness (QED) is 0.686. The number of fused-ring (bicyclic) bond motifs is 1. The molecule has 4 nitrogen and oxygen atoms in total. The van der Waals surface area contributed by atoms with Crippen molar-refractivity contribution in [2.75, 3.05) is 32.1 Å². The number of benzene rings is 1. The number of anilines is 1. The first-order valence-electron chi connectivity index (χ1n) is 7.46. The standard InChI is InChI=1S/C17H19N3OS2/c1-19(2)9-10-20(16(21)12-13-6-5-11-22-13)17-18-14-7-3-4-8-15(14)23-17/h3-8,11H,9-10,12H2,1-2H3. The summed E-state index contributed by atoms with van der Waals surface area (Å²) in [4.78, 5) is 22.4. The molecule has 0 aliphatic carbocycles. The molecule has 1 amide bonds. The maximum atomic E-state index is 12.8. The molecule has 3 aromatic rings.